The van der Waals surface area contributed by atoms with Crippen LogP contribution in [0, 0.1) is 5.92 Å². The lowest BCUT2D eigenvalue weighted by Gasteiger charge is -2.31. The van der Waals surface area contributed by atoms with Crippen molar-refractivity contribution in [1.82, 2.24) is 24.6 Å². The summed E-state index contributed by atoms with van der Waals surface area (Å²) in [5, 5.41) is 19.4. The summed E-state index contributed by atoms with van der Waals surface area (Å²) in [7, 11) is 0. The number of aliphatic hydroxyl groups is 1. The number of rotatable bonds is 5. The maximum atomic E-state index is 12.9. The number of carbonyl (C=O) groups is 1. The number of amides is 1. The fraction of sp³-hybridized carbons (Fsp3) is 0.625. The minimum absolute atomic E-state index is 0.0564. The lowest BCUT2D eigenvalue weighted by molar-refractivity contribution is -0.134. The van der Waals surface area contributed by atoms with E-state index in [9.17, 15) is 9.90 Å². The van der Waals surface area contributed by atoms with E-state index in [2.05, 4.69) is 43.9 Å². The Bertz CT molecular complexity index is 893. The van der Waals surface area contributed by atoms with Crippen molar-refractivity contribution < 1.29 is 9.90 Å². The van der Waals surface area contributed by atoms with Gasteiger partial charge < -0.3 is 14.6 Å². The van der Waals surface area contributed by atoms with E-state index in [-0.39, 0.29) is 18.1 Å². The molecule has 1 saturated heterocycles. The molecule has 5 rings (SSSR count). The molecule has 166 valence electrons. The number of nitrogens with zero attached hydrogens (tertiary/aromatic N) is 5. The topological polar surface area (TPSA) is 74.5 Å². The molecule has 7 nitrogen and oxygen atoms in total. The molecule has 3 aliphatic rings. The quantitative estimate of drug-likeness (QED) is 0.800. The second-order valence-corrected chi connectivity index (χ2v) is 9.47. The number of carbonyl (C=O) groups excluding carboxylic acids is 1. The number of aliphatic hydroxyl groups excluding tert-OH is 1. The van der Waals surface area contributed by atoms with Gasteiger partial charge in [0.15, 0.2) is 11.6 Å². The Balaban J connectivity index is 1.27. The third-order valence-corrected chi connectivity index (χ3v) is 7.23. The van der Waals surface area contributed by atoms with E-state index >= 15 is 0 Å². The fourth-order valence-electron chi connectivity index (χ4n) is 5.55. The Kier molecular flexibility index (Phi) is 6.05. The van der Waals surface area contributed by atoms with Crippen molar-refractivity contribution >= 4 is 5.91 Å². The Morgan fingerprint density at radius 3 is 2.68 bits per heavy atom. The minimum atomic E-state index is -0.348. The first-order valence-electron chi connectivity index (χ1n) is 11.8. The van der Waals surface area contributed by atoms with Crippen LogP contribution in [0.3, 0.4) is 0 Å². The average Bonchev–Trinajstić information content (AvgIpc) is 3.37. The van der Waals surface area contributed by atoms with E-state index in [0.717, 1.165) is 31.3 Å². The summed E-state index contributed by atoms with van der Waals surface area (Å²) >= 11 is 0. The molecule has 1 aliphatic carbocycles. The molecule has 1 aromatic carbocycles. The van der Waals surface area contributed by atoms with Gasteiger partial charge in [0, 0.05) is 32.6 Å². The van der Waals surface area contributed by atoms with Crippen LogP contribution in [0.2, 0.25) is 0 Å². The summed E-state index contributed by atoms with van der Waals surface area (Å²) < 4.78 is 2.19. The molecule has 1 saturated carbocycles. The number of hydrogen-bond donors (Lipinski definition) is 1. The predicted octanol–water partition coefficient (Wildman–Crippen LogP) is 2.90. The molecule has 2 fully saturated rings. The van der Waals surface area contributed by atoms with Crippen molar-refractivity contribution in [2.24, 2.45) is 5.92 Å². The Labute approximate surface area is 184 Å². The van der Waals surface area contributed by atoms with Gasteiger partial charge in [0.05, 0.1) is 18.7 Å². The largest absolute Gasteiger partial charge is 0.392 e. The van der Waals surface area contributed by atoms with Crippen molar-refractivity contribution in [3.8, 4) is 0 Å². The van der Waals surface area contributed by atoms with Crippen LogP contribution in [-0.2, 0) is 24.4 Å². The molecule has 2 aromatic rings. The van der Waals surface area contributed by atoms with Gasteiger partial charge in [-0.05, 0) is 30.7 Å². The zero-order chi connectivity index (χ0) is 21.2. The summed E-state index contributed by atoms with van der Waals surface area (Å²) in [6.45, 7) is 3.44. The smallest absolute Gasteiger partial charge is 0.223 e. The molecular weight excluding hydrogens is 390 g/mol. The van der Waals surface area contributed by atoms with Crippen LogP contribution in [0.4, 0.5) is 0 Å². The van der Waals surface area contributed by atoms with Crippen molar-refractivity contribution in [2.45, 2.75) is 76.7 Å². The first-order valence-corrected chi connectivity index (χ1v) is 11.8. The highest BCUT2D eigenvalue weighted by Gasteiger charge is 2.37. The maximum Gasteiger partial charge on any atom is 0.223 e. The van der Waals surface area contributed by atoms with Gasteiger partial charge in [-0.15, -0.1) is 10.2 Å². The first kappa shape index (κ1) is 20.6. The van der Waals surface area contributed by atoms with Crippen molar-refractivity contribution in [3.05, 3.63) is 47.5 Å². The SMILES string of the molecule is O=C(CC1CCCCC1)N1CCn2c(nnc2[C@@H]2C[C@@H](O)CN2Cc2ccccc2)C1. The van der Waals surface area contributed by atoms with Crippen molar-refractivity contribution in [2.75, 3.05) is 13.1 Å². The third kappa shape index (κ3) is 4.53. The molecule has 0 unspecified atom stereocenters. The molecule has 0 radical (unpaired) electrons. The van der Waals surface area contributed by atoms with Gasteiger partial charge in [-0.25, -0.2) is 0 Å². The van der Waals surface area contributed by atoms with Gasteiger partial charge in [0.2, 0.25) is 5.91 Å². The van der Waals surface area contributed by atoms with Crippen LogP contribution >= 0.6 is 0 Å². The van der Waals surface area contributed by atoms with Crippen LogP contribution in [0.1, 0.15) is 68.2 Å². The number of benzene rings is 1. The van der Waals surface area contributed by atoms with Crippen LogP contribution < -0.4 is 0 Å². The van der Waals surface area contributed by atoms with E-state index in [1.165, 1.54) is 37.7 Å². The summed E-state index contributed by atoms with van der Waals surface area (Å²) in [6, 6.07) is 10.4. The zero-order valence-corrected chi connectivity index (χ0v) is 18.2. The van der Waals surface area contributed by atoms with E-state index in [0.29, 0.717) is 31.8 Å². The molecule has 31 heavy (non-hydrogen) atoms. The first-order chi connectivity index (χ1) is 15.2. The van der Waals surface area contributed by atoms with Gasteiger partial charge in [0.25, 0.3) is 0 Å². The van der Waals surface area contributed by atoms with Crippen LogP contribution in [0.15, 0.2) is 30.3 Å². The van der Waals surface area contributed by atoms with E-state index < -0.39 is 0 Å². The second-order valence-electron chi connectivity index (χ2n) is 9.47. The molecule has 1 aromatic heterocycles. The molecular formula is C24H33N5O2. The maximum absolute atomic E-state index is 12.9. The molecule has 3 heterocycles. The van der Waals surface area contributed by atoms with Gasteiger partial charge >= 0.3 is 0 Å². The monoisotopic (exact) mass is 423 g/mol. The molecule has 0 bridgehead atoms. The molecule has 2 atom stereocenters. The van der Waals surface area contributed by atoms with Gasteiger partial charge in [-0.1, -0.05) is 49.6 Å². The highest BCUT2D eigenvalue weighted by molar-refractivity contribution is 5.76. The van der Waals surface area contributed by atoms with Crippen LogP contribution in [-0.4, -0.2) is 54.8 Å². The third-order valence-electron chi connectivity index (χ3n) is 7.23. The lowest BCUT2D eigenvalue weighted by Crippen LogP contribution is -2.40. The molecule has 2 aliphatic heterocycles. The summed E-state index contributed by atoms with van der Waals surface area (Å²) in [5.41, 5.74) is 1.24. The number of fused-ring (bicyclic) bond motifs is 1. The van der Waals surface area contributed by atoms with Gasteiger partial charge in [-0.3, -0.25) is 9.69 Å². The Morgan fingerprint density at radius 2 is 1.87 bits per heavy atom. The van der Waals surface area contributed by atoms with E-state index in [1.807, 2.05) is 11.0 Å². The highest BCUT2D eigenvalue weighted by atomic mass is 16.3. The average molecular weight is 424 g/mol. The number of likely N-dealkylation sites (tertiary alicyclic amines) is 1. The normalized spacial score (nSPS) is 25.0. The van der Waals surface area contributed by atoms with Crippen LogP contribution in [0.5, 0.6) is 0 Å². The predicted molar refractivity (Wildman–Crippen MR) is 117 cm³/mol. The molecule has 1 N–H and O–H groups in total. The molecule has 7 heteroatoms. The zero-order valence-electron chi connectivity index (χ0n) is 18.2. The summed E-state index contributed by atoms with van der Waals surface area (Å²) in [6.07, 6.45) is 7.25. The molecule has 1 amide bonds. The number of hydrogen-bond acceptors (Lipinski definition) is 5. The number of aromatic nitrogens is 3. The lowest BCUT2D eigenvalue weighted by atomic mass is 9.86. The van der Waals surface area contributed by atoms with E-state index in [4.69, 9.17) is 0 Å². The van der Waals surface area contributed by atoms with Crippen molar-refractivity contribution in [3.63, 3.8) is 0 Å². The van der Waals surface area contributed by atoms with Crippen molar-refractivity contribution in [1.29, 1.82) is 0 Å². The van der Waals surface area contributed by atoms with Gasteiger partial charge in [-0.2, -0.15) is 0 Å². The Morgan fingerprint density at radius 1 is 1.06 bits per heavy atom. The minimum Gasteiger partial charge on any atom is -0.392 e. The summed E-state index contributed by atoms with van der Waals surface area (Å²) in [4.78, 5) is 17.1. The molecule has 0 spiro atoms. The highest BCUT2D eigenvalue weighted by Crippen LogP contribution is 2.34. The standard InChI is InChI=1S/C24H33N5O2/c30-20-14-21(28(16-20)15-19-9-5-2-6-10-19)24-26-25-22-17-27(11-12-29(22)24)23(31)13-18-7-3-1-4-8-18/h2,5-6,9-10,18,20-21,30H,1,3-4,7-8,11-17H2/t20-,21+/m1/s1. The van der Waals surface area contributed by atoms with E-state index in [1.54, 1.807) is 0 Å². The summed E-state index contributed by atoms with van der Waals surface area (Å²) in [5.74, 6) is 2.63. The fourth-order valence-corrected chi connectivity index (χ4v) is 5.55. The second kappa shape index (κ2) is 9.09. The van der Waals surface area contributed by atoms with Crippen LogP contribution in [0.25, 0.3) is 0 Å². The Hall–Kier alpha value is -2.25. The number of β-amino-alcohol motifs (C(OH)–C–C–N with tert-alkyl or cyclic N) is 1. The van der Waals surface area contributed by atoms with Gasteiger partial charge in [0.1, 0.15) is 0 Å².